The third kappa shape index (κ3) is 3.80. The number of rotatable bonds is 5. The lowest BCUT2D eigenvalue weighted by Gasteiger charge is -2.15. The summed E-state index contributed by atoms with van der Waals surface area (Å²) in [6.45, 7) is 4.92. The molecule has 1 heterocycles. The van der Waals surface area contributed by atoms with Gasteiger partial charge in [-0.1, -0.05) is 18.2 Å². The Morgan fingerprint density at radius 3 is 2.74 bits per heavy atom. The highest BCUT2D eigenvalue weighted by Gasteiger charge is 2.06. The zero-order valence-corrected chi connectivity index (χ0v) is 11.7. The largest absolute Gasteiger partial charge is 0.497 e. The zero-order chi connectivity index (χ0) is 13.7. The van der Waals surface area contributed by atoms with Crippen LogP contribution in [-0.4, -0.2) is 12.1 Å². The van der Waals surface area contributed by atoms with E-state index in [4.69, 9.17) is 4.74 Å². The lowest BCUT2D eigenvalue weighted by molar-refractivity contribution is 0.413. The number of hydrogen-bond donors (Lipinski definition) is 1. The van der Waals surface area contributed by atoms with E-state index in [1.807, 2.05) is 37.3 Å². The fraction of sp³-hybridized carbons (Fsp3) is 0.312. The van der Waals surface area contributed by atoms with Crippen molar-refractivity contribution in [2.45, 2.75) is 26.4 Å². The van der Waals surface area contributed by atoms with E-state index < -0.39 is 0 Å². The Kier molecular flexibility index (Phi) is 4.53. The van der Waals surface area contributed by atoms with E-state index in [1.165, 1.54) is 5.56 Å². The molecule has 0 fully saturated rings. The van der Waals surface area contributed by atoms with E-state index in [9.17, 15) is 0 Å². The van der Waals surface area contributed by atoms with Gasteiger partial charge in [-0.2, -0.15) is 0 Å². The molecule has 1 aromatic carbocycles. The van der Waals surface area contributed by atoms with Gasteiger partial charge in [0.2, 0.25) is 0 Å². The van der Waals surface area contributed by atoms with Crippen molar-refractivity contribution >= 4 is 0 Å². The fourth-order valence-electron chi connectivity index (χ4n) is 1.98. The second-order valence-corrected chi connectivity index (χ2v) is 4.65. The van der Waals surface area contributed by atoms with Gasteiger partial charge in [-0.05, 0) is 43.7 Å². The van der Waals surface area contributed by atoms with Crippen LogP contribution in [0, 0.1) is 6.92 Å². The summed E-state index contributed by atoms with van der Waals surface area (Å²) >= 11 is 0. The van der Waals surface area contributed by atoms with E-state index >= 15 is 0 Å². The first-order valence-electron chi connectivity index (χ1n) is 6.49. The predicted octanol–water partition coefficient (Wildman–Crippen LogP) is 3.25. The molecule has 1 N–H and O–H groups in total. The number of methoxy groups -OCH3 is 1. The van der Waals surface area contributed by atoms with Crippen molar-refractivity contribution in [3.05, 3.63) is 59.4 Å². The van der Waals surface area contributed by atoms with E-state index in [2.05, 4.69) is 29.4 Å². The molecule has 0 unspecified atom stereocenters. The van der Waals surface area contributed by atoms with E-state index in [-0.39, 0.29) is 6.04 Å². The van der Waals surface area contributed by atoms with Gasteiger partial charge in [0.15, 0.2) is 0 Å². The van der Waals surface area contributed by atoms with E-state index in [0.717, 1.165) is 23.7 Å². The van der Waals surface area contributed by atoms with Gasteiger partial charge in [0.05, 0.1) is 12.8 Å². The standard InChI is InChI=1S/C16H20N2O/c1-12-6-4-8-15(18-12)11-17-13(2)14-7-5-9-16(10-14)19-3/h4-10,13,17H,11H2,1-3H3/t13-/m1/s1. The summed E-state index contributed by atoms with van der Waals surface area (Å²) in [6.07, 6.45) is 0. The number of nitrogens with zero attached hydrogens (tertiary/aromatic N) is 1. The summed E-state index contributed by atoms with van der Waals surface area (Å²) in [5, 5.41) is 3.48. The molecule has 0 radical (unpaired) electrons. The van der Waals surface area contributed by atoms with Gasteiger partial charge in [-0.25, -0.2) is 0 Å². The maximum absolute atomic E-state index is 5.24. The van der Waals surface area contributed by atoms with Gasteiger partial charge in [0.1, 0.15) is 5.75 Å². The van der Waals surface area contributed by atoms with Crippen molar-refractivity contribution in [2.75, 3.05) is 7.11 Å². The molecule has 3 heteroatoms. The summed E-state index contributed by atoms with van der Waals surface area (Å²) in [6, 6.07) is 14.5. The van der Waals surface area contributed by atoms with Crippen LogP contribution in [0.2, 0.25) is 0 Å². The summed E-state index contributed by atoms with van der Waals surface area (Å²) in [5.41, 5.74) is 3.33. The van der Waals surface area contributed by atoms with Crippen molar-refractivity contribution in [3.8, 4) is 5.75 Å². The van der Waals surface area contributed by atoms with Gasteiger partial charge in [-0.15, -0.1) is 0 Å². The molecular weight excluding hydrogens is 236 g/mol. The van der Waals surface area contributed by atoms with Crippen LogP contribution in [0.15, 0.2) is 42.5 Å². The lowest BCUT2D eigenvalue weighted by atomic mass is 10.1. The van der Waals surface area contributed by atoms with Crippen LogP contribution in [0.25, 0.3) is 0 Å². The van der Waals surface area contributed by atoms with Crippen LogP contribution in [0.3, 0.4) is 0 Å². The monoisotopic (exact) mass is 256 g/mol. The highest BCUT2D eigenvalue weighted by Crippen LogP contribution is 2.18. The average molecular weight is 256 g/mol. The summed E-state index contributed by atoms with van der Waals surface area (Å²) in [5.74, 6) is 0.889. The first-order chi connectivity index (χ1) is 9.19. The molecule has 0 saturated carbocycles. The van der Waals surface area contributed by atoms with Crippen LogP contribution in [-0.2, 0) is 6.54 Å². The molecule has 3 nitrogen and oxygen atoms in total. The molecule has 2 rings (SSSR count). The van der Waals surface area contributed by atoms with Crippen molar-refractivity contribution in [1.82, 2.24) is 10.3 Å². The third-order valence-corrected chi connectivity index (χ3v) is 3.13. The Morgan fingerprint density at radius 2 is 2.00 bits per heavy atom. The Hall–Kier alpha value is -1.87. The molecule has 1 aromatic heterocycles. The molecule has 0 aliphatic carbocycles. The number of aromatic nitrogens is 1. The molecule has 0 amide bonds. The Morgan fingerprint density at radius 1 is 1.21 bits per heavy atom. The van der Waals surface area contributed by atoms with Crippen molar-refractivity contribution in [2.24, 2.45) is 0 Å². The number of benzene rings is 1. The van der Waals surface area contributed by atoms with Crippen LogP contribution in [0.5, 0.6) is 5.75 Å². The van der Waals surface area contributed by atoms with E-state index in [1.54, 1.807) is 7.11 Å². The van der Waals surface area contributed by atoms with Crippen LogP contribution in [0.1, 0.15) is 29.9 Å². The molecule has 0 aliphatic rings. The number of aryl methyl sites for hydroxylation is 1. The number of nitrogens with one attached hydrogen (secondary N) is 1. The molecule has 19 heavy (non-hydrogen) atoms. The van der Waals surface area contributed by atoms with Crippen LogP contribution >= 0.6 is 0 Å². The minimum atomic E-state index is 0.261. The summed E-state index contributed by atoms with van der Waals surface area (Å²) in [7, 11) is 1.69. The maximum Gasteiger partial charge on any atom is 0.119 e. The topological polar surface area (TPSA) is 34.1 Å². The van der Waals surface area contributed by atoms with Crippen molar-refractivity contribution in [1.29, 1.82) is 0 Å². The van der Waals surface area contributed by atoms with Crippen molar-refractivity contribution in [3.63, 3.8) is 0 Å². The highest BCUT2D eigenvalue weighted by atomic mass is 16.5. The van der Waals surface area contributed by atoms with Gasteiger partial charge >= 0.3 is 0 Å². The van der Waals surface area contributed by atoms with Gasteiger partial charge in [0.25, 0.3) is 0 Å². The van der Waals surface area contributed by atoms with Gasteiger partial charge in [-0.3, -0.25) is 4.98 Å². The number of ether oxygens (including phenoxy) is 1. The minimum absolute atomic E-state index is 0.261. The number of hydrogen-bond acceptors (Lipinski definition) is 3. The molecule has 0 saturated heterocycles. The minimum Gasteiger partial charge on any atom is -0.497 e. The number of pyridine rings is 1. The predicted molar refractivity (Wildman–Crippen MR) is 77.2 cm³/mol. The quantitative estimate of drug-likeness (QED) is 0.891. The van der Waals surface area contributed by atoms with Gasteiger partial charge in [0, 0.05) is 18.3 Å². The second-order valence-electron chi connectivity index (χ2n) is 4.65. The Balaban J connectivity index is 1.99. The lowest BCUT2D eigenvalue weighted by Crippen LogP contribution is -2.18. The summed E-state index contributed by atoms with van der Waals surface area (Å²) < 4.78 is 5.24. The third-order valence-electron chi connectivity index (χ3n) is 3.13. The fourth-order valence-corrected chi connectivity index (χ4v) is 1.98. The SMILES string of the molecule is COc1cccc([C@@H](C)NCc2cccc(C)n2)c1. The zero-order valence-electron chi connectivity index (χ0n) is 11.7. The second kappa shape index (κ2) is 6.34. The highest BCUT2D eigenvalue weighted by molar-refractivity contribution is 5.30. The average Bonchev–Trinajstić information content (AvgIpc) is 2.45. The smallest absolute Gasteiger partial charge is 0.119 e. The Bertz CT molecular complexity index is 540. The van der Waals surface area contributed by atoms with Crippen molar-refractivity contribution < 1.29 is 4.74 Å². The molecule has 1 atom stereocenters. The molecule has 0 spiro atoms. The first-order valence-corrected chi connectivity index (χ1v) is 6.49. The molecule has 2 aromatic rings. The van der Waals surface area contributed by atoms with Gasteiger partial charge < -0.3 is 10.1 Å². The summed E-state index contributed by atoms with van der Waals surface area (Å²) in [4.78, 5) is 4.49. The first kappa shape index (κ1) is 13.6. The Labute approximate surface area is 114 Å². The van der Waals surface area contributed by atoms with Crippen LogP contribution < -0.4 is 10.1 Å². The molecular formula is C16H20N2O. The van der Waals surface area contributed by atoms with E-state index in [0.29, 0.717) is 0 Å². The van der Waals surface area contributed by atoms with Crippen LogP contribution in [0.4, 0.5) is 0 Å². The normalized spacial score (nSPS) is 12.2. The molecule has 100 valence electrons. The maximum atomic E-state index is 5.24. The molecule has 0 aliphatic heterocycles. The molecule has 0 bridgehead atoms.